The molecular weight excluding hydrogens is 208 g/mol. The Labute approximate surface area is 96.9 Å². The van der Waals surface area contributed by atoms with Crippen LogP contribution in [0.25, 0.3) is 0 Å². The Bertz CT molecular complexity index is 219. The van der Waals surface area contributed by atoms with Gasteiger partial charge >= 0.3 is 5.97 Å². The minimum atomic E-state index is -1.24. The molecule has 0 heterocycles. The number of carbonyl (C=O) groups is 1. The number of ether oxygens (including phenoxy) is 2. The van der Waals surface area contributed by atoms with E-state index in [0.717, 1.165) is 25.9 Å². The topological polar surface area (TPSA) is 55.8 Å². The fourth-order valence-electron chi connectivity index (χ4n) is 2.20. The molecule has 1 aliphatic rings. The molecule has 0 aliphatic heterocycles. The van der Waals surface area contributed by atoms with E-state index in [1.807, 2.05) is 0 Å². The Balaban J connectivity index is 2.37. The molecule has 0 bridgehead atoms. The summed E-state index contributed by atoms with van der Waals surface area (Å²) in [6.45, 7) is 2.84. The molecule has 0 atom stereocenters. The quantitative estimate of drug-likeness (QED) is 0.727. The van der Waals surface area contributed by atoms with Gasteiger partial charge < -0.3 is 14.6 Å². The molecular formula is C12H22O4. The first-order chi connectivity index (χ1) is 7.62. The normalized spacial score (nSPS) is 30.1. The zero-order chi connectivity index (χ0) is 12.0. The highest BCUT2D eigenvalue weighted by molar-refractivity contribution is 5.79. The third kappa shape index (κ3) is 3.46. The van der Waals surface area contributed by atoms with Gasteiger partial charge in [-0.1, -0.05) is 0 Å². The molecule has 1 N–H and O–H groups in total. The SMILES string of the molecule is CCOC(=O)C1(O)CCC(CCOC)CC1. The second-order valence-corrected chi connectivity index (χ2v) is 4.48. The molecule has 4 heteroatoms. The highest BCUT2D eigenvalue weighted by atomic mass is 16.5. The van der Waals surface area contributed by atoms with E-state index in [0.29, 0.717) is 25.4 Å². The third-order valence-electron chi connectivity index (χ3n) is 3.32. The first kappa shape index (κ1) is 13.5. The summed E-state index contributed by atoms with van der Waals surface area (Å²) in [4.78, 5) is 11.5. The summed E-state index contributed by atoms with van der Waals surface area (Å²) in [5, 5.41) is 10.1. The molecule has 1 rings (SSSR count). The summed E-state index contributed by atoms with van der Waals surface area (Å²) in [6, 6.07) is 0. The maximum absolute atomic E-state index is 11.5. The van der Waals surface area contributed by atoms with Gasteiger partial charge in [-0.15, -0.1) is 0 Å². The van der Waals surface area contributed by atoms with Crippen molar-refractivity contribution in [1.82, 2.24) is 0 Å². The lowest BCUT2D eigenvalue weighted by Crippen LogP contribution is -2.43. The van der Waals surface area contributed by atoms with E-state index in [9.17, 15) is 9.90 Å². The standard InChI is InChI=1S/C12H22O4/c1-3-16-11(13)12(14)7-4-10(5-8-12)6-9-15-2/h10,14H,3-9H2,1-2H3. The molecule has 1 saturated carbocycles. The van der Waals surface area contributed by atoms with Crippen LogP contribution in [0, 0.1) is 5.92 Å². The Morgan fingerprint density at radius 3 is 2.56 bits per heavy atom. The van der Waals surface area contributed by atoms with Gasteiger partial charge in [-0.3, -0.25) is 0 Å². The Kier molecular flexibility index (Phi) is 5.22. The van der Waals surface area contributed by atoms with E-state index < -0.39 is 11.6 Å². The zero-order valence-electron chi connectivity index (χ0n) is 10.2. The van der Waals surface area contributed by atoms with Crippen molar-refractivity contribution in [2.75, 3.05) is 20.3 Å². The third-order valence-corrected chi connectivity index (χ3v) is 3.32. The second-order valence-electron chi connectivity index (χ2n) is 4.48. The Hall–Kier alpha value is -0.610. The van der Waals surface area contributed by atoms with Crippen LogP contribution in [0.2, 0.25) is 0 Å². The molecule has 0 amide bonds. The van der Waals surface area contributed by atoms with Crippen molar-refractivity contribution in [3.8, 4) is 0 Å². The molecule has 1 fully saturated rings. The first-order valence-corrected chi connectivity index (χ1v) is 6.01. The zero-order valence-corrected chi connectivity index (χ0v) is 10.2. The number of carbonyl (C=O) groups excluding carboxylic acids is 1. The molecule has 0 saturated heterocycles. The van der Waals surface area contributed by atoms with Crippen LogP contribution in [-0.4, -0.2) is 37.0 Å². The monoisotopic (exact) mass is 230 g/mol. The van der Waals surface area contributed by atoms with Gasteiger partial charge in [-0.05, 0) is 44.9 Å². The molecule has 16 heavy (non-hydrogen) atoms. The van der Waals surface area contributed by atoms with Crippen LogP contribution < -0.4 is 0 Å². The smallest absolute Gasteiger partial charge is 0.338 e. The van der Waals surface area contributed by atoms with Crippen molar-refractivity contribution in [2.24, 2.45) is 5.92 Å². The number of hydrogen-bond donors (Lipinski definition) is 1. The average Bonchev–Trinajstić information content (AvgIpc) is 2.29. The molecule has 0 aromatic heterocycles. The van der Waals surface area contributed by atoms with Gasteiger partial charge in [0.05, 0.1) is 6.61 Å². The molecule has 0 radical (unpaired) electrons. The van der Waals surface area contributed by atoms with Crippen molar-refractivity contribution in [3.05, 3.63) is 0 Å². The molecule has 94 valence electrons. The van der Waals surface area contributed by atoms with Gasteiger partial charge in [0.1, 0.15) is 0 Å². The van der Waals surface area contributed by atoms with Crippen LogP contribution in [0.1, 0.15) is 39.0 Å². The van der Waals surface area contributed by atoms with Crippen LogP contribution in [-0.2, 0) is 14.3 Å². The largest absolute Gasteiger partial charge is 0.464 e. The van der Waals surface area contributed by atoms with Crippen LogP contribution in [0.15, 0.2) is 0 Å². The van der Waals surface area contributed by atoms with Crippen LogP contribution >= 0.6 is 0 Å². The highest BCUT2D eigenvalue weighted by Crippen LogP contribution is 2.34. The van der Waals surface area contributed by atoms with Gasteiger partial charge in [0.15, 0.2) is 5.60 Å². The number of esters is 1. The fraction of sp³-hybridized carbons (Fsp3) is 0.917. The lowest BCUT2D eigenvalue weighted by Gasteiger charge is -2.33. The van der Waals surface area contributed by atoms with E-state index in [1.54, 1.807) is 14.0 Å². The first-order valence-electron chi connectivity index (χ1n) is 6.01. The predicted molar refractivity (Wildman–Crippen MR) is 60.0 cm³/mol. The van der Waals surface area contributed by atoms with Crippen molar-refractivity contribution < 1.29 is 19.4 Å². The maximum atomic E-state index is 11.5. The van der Waals surface area contributed by atoms with Crippen molar-refractivity contribution in [2.45, 2.75) is 44.6 Å². The Morgan fingerprint density at radius 1 is 1.44 bits per heavy atom. The molecule has 0 spiro atoms. The summed E-state index contributed by atoms with van der Waals surface area (Å²) < 4.78 is 9.92. The second kappa shape index (κ2) is 6.21. The van der Waals surface area contributed by atoms with E-state index >= 15 is 0 Å². The molecule has 4 nitrogen and oxygen atoms in total. The van der Waals surface area contributed by atoms with Gasteiger partial charge in [0, 0.05) is 13.7 Å². The van der Waals surface area contributed by atoms with Gasteiger partial charge in [-0.2, -0.15) is 0 Å². The van der Waals surface area contributed by atoms with E-state index in [4.69, 9.17) is 9.47 Å². The van der Waals surface area contributed by atoms with E-state index in [-0.39, 0.29) is 0 Å². The number of rotatable bonds is 5. The van der Waals surface area contributed by atoms with Crippen LogP contribution in [0.5, 0.6) is 0 Å². The average molecular weight is 230 g/mol. The molecule has 0 aromatic carbocycles. The van der Waals surface area contributed by atoms with Crippen molar-refractivity contribution in [3.63, 3.8) is 0 Å². The fourth-order valence-corrected chi connectivity index (χ4v) is 2.20. The van der Waals surface area contributed by atoms with Gasteiger partial charge in [0.25, 0.3) is 0 Å². The Morgan fingerprint density at radius 2 is 2.06 bits per heavy atom. The summed E-state index contributed by atoms with van der Waals surface area (Å²) in [6.07, 6.45) is 3.78. The number of aliphatic hydroxyl groups is 1. The molecule has 1 aliphatic carbocycles. The summed E-state index contributed by atoms with van der Waals surface area (Å²) >= 11 is 0. The molecule has 0 aromatic rings. The van der Waals surface area contributed by atoms with Crippen molar-refractivity contribution >= 4 is 5.97 Å². The predicted octanol–water partition coefficient (Wildman–Crippen LogP) is 1.51. The number of hydrogen-bond acceptors (Lipinski definition) is 4. The highest BCUT2D eigenvalue weighted by Gasteiger charge is 2.40. The van der Waals surface area contributed by atoms with Gasteiger partial charge in [0.2, 0.25) is 0 Å². The summed E-state index contributed by atoms with van der Waals surface area (Å²) in [5.41, 5.74) is -1.24. The maximum Gasteiger partial charge on any atom is 0.338 e. The van der Waals surface area contributed by atoms with Gasteiger partial charge in [-0.25, -0.2) is 4.79 Å². The summed E-state index contributed by atoms with van der Waals surface area (Å²) in [5.74, 6) is 0.106. The van der Waals surface area contributed by atoms with Crippen molar-refractivity contribution in [1.29, 1.82) is 0 Å². The van der Waals surface area contributed by atoms with E-state index in [2.05, 4.69) is 0 Å². The lowest BCUT2D eigenvalue weighted by molar-refractivity contribution is -0.169. The molecule has 0 unspecified atom stereocenters. The summed E-state index contributed by atoms with van der Waals surface area (Å²) in [7, 11) is 1.69. The van der Waals surface area contributed by atoms with E-state index in [1.165, 1.54) is 0 Å². The minimum Gasteiger partial charge on any atom is -0.464 e. The van der Waals surface area contributed by atoms with Crippen LogP contribution in [0.3, 0.4) is 0 Å². The van der Waals surface area contributed by atoms with Crippen LogP contribution in [0.4, 0.5) is 0 Å². The number of methoxy groups -OCH3 is 1. The minimum absolute atomic E-state index is 0.328. The lowest BCUT2D eigenvalue weighted by atomic mass is 9.78.